The quantitative estimate of drug-likeness (QED) is 0.578. The lowest BCUT2D eigenvalue weighted by atomic mass is 9.91. The van der Waals surface area contributed by atoms with Crippen LogP contribution in [-0.4, -0.2) is 24.0 Å². The van der Waals surface area contributed by atoms with Gasteiger partial charge in [0, 0.05) is 5.92 Å². The minimum atomic E-state index is -0.515. The maximum Gasteiger partial charge on any atom is 0.408 e. The predicted octanol–water partition coefficient (Wildman–Crippen LogP) is 2.04. The van der Waals surface area contributed by atoms with E-state index in [9.17, 15) is 9.59 Å². The molecular weight excluding hydrogens is 206 g/mol. The minimum Gasteiger partial charge on any atom is -0.444 e. The summed E-state index contributed by atoms with van der Waals surface area (Å²) < 4.78 is 5.13. The zero-order chi connectivity index (χ0) is 12.2. The van der Waals surface area contributed by atoms with Crippen molar-refractivity contribution in [3.63, 3.8) is 0 Å². The predicted molar refractivity (Wildman–Crippen MR) is 61.1 cm³/mol. The van der Waals surface area contributed by atoms with Crippen molar-refractivity contribution in [2.75, 3.05) is 0 Å². The van der Waals surface area contributed by atoms with E-state index in [4.69, 9.17) is 4.74 Å². The van der Waals surface area contributed by atoms with Crippen molar-refractivity contribution in [2.45, 2.75) is 45.3 Å². The first kappa shape index (κ1) is 12.7. The second-order valence-electron chi connectivity index (χ2n) is 4.98. The molecule has 1 amide bonds. The molecule has 0 aromatic rings. The van der Waals surface area contributed by atoms with Crippen LogP contribution in [0.5, 0.6) is 0 Å². The van der Waals surface area contributed by atoms with Crippen LogP contribution in [0.4, 0.5) is 4.79 Å². The number of aldehydes is 1. The van der Waals surface area contributed by atoms with Crippen molar-refractivity contribution in [3.05, 3.63) is 12.2 Å². The van der Waals surface area contributed by atoms with Gasteiger partial charge in [-0.1, -0.05) is 12.2 Å². The summed E-state index contributed by atoms with van der Waals surface area (Å²) in [5, 5.41) is 2.70. The molecule has 0 unspecified atom stereocenters. The van der Waals surface area contributed by atoms with E-state index in [1.807, 2.05) is 12.2 Å². The van der Waals surface area contributed by atoms with Gasteiger partial charge in [0.2, 0.25) is 0 Å². The van der Waals surface area contributed by atoms with Crippen molar-refractivity contribution >= 4 is 12.4 Å². The average Bonchev–Trinajstić information content (AvgIpc) is 2.15. The number of hydrogen-bond acceptors (Lipinski definition) is 3. The molecule has 1 aliphatic carbocycles. The van der Waals surface area contributed by atoms with Crippen molar-refractivity contribution in [1.82, 2.24) is 5.32 Å². The third-order valence-electron chi connectivity index (χ3n) is 2.33. The number of rotatable bonds is 2. The number of amides is 1. The van der Waals surface area contributed by atoms with Crippen LogP contribution in [0.15, 0.2) is 12.2 Å². The van der Waals surface area contributed by atoms with Gasteiger partial charge in [0.25, 0.3) is 0 Å². The lowest BCUT2D eigenvalue weighted by Crippen LogP contribution is -2.43. The molecule has 1 aliphatic rings. The number of hydrogen-bond donors (Lipinski definition) is 1. The Morgan fingerprint density at radius 2 is 2.19 bits per heavy atom. The van der Waals surface area contributed by atoms with Crippen LogP contribution >= 0.6 is 0 Å². The highest BCUT2D eigenvalue weighted by Crippen LogP contribution is 2.17. The fourth-order valence-electron chi connectivity index (χ4n) is 1.61. The second kappa shape index (κ2) is 5.14. The Hall–Kier alpha value is -1.32. The van der Waals surface area contributed by atoms with Crippen LogP contribution in [0, 0.1) is 5.92 Å². The number of nitrogens with one attached hydrogen (secondary N) is 1. The molecule has 4 nitrogen and oxygen atoms in total. The van der Waals surface area contributed by atoms with Gasteiger partial charge in [-0.25, -0.2) is 4.79 Å². The van der Waals surface area contributed by atoms with Crippen LogP contribution < -0.4 is 5.32 Å². The van der Waals surface area contributed by atoms with E-state index in [0.29, 0.717) is 0 Å². The van der Waals surface area contributed by atoms with E-state index in [2.05, 4.69) is 5.32 Å². The summed E-state index contributed by atoms with van der Waals surface area (Å²) in [6.45, 7) is 5.42. The van der Waals surface area contributed by atoms with Crippen molar-refractivity contribution < 1.29 is 14.3 Å². The van der Waals surface area contributed by atoms with Gasteiger partial charge in [0.15, 0.2) is 0 Å². The van der Waals surface area contributed by atoms with Gasteiger partial charge < -0.3 is 14.8 Å². The topological polar surface area (TPSA) is 55.4 Å². The number of allylic oxidation sites excluding steroid dienone is 1. The first-order valence-corrected chi connectivity index (χ1v) is 5.54. The van der Waals surface area contributed by atoms with E-state index in [0.717, 1.165) is 19.1 Å². The molecule has 0 heterocycles. The first-order chi connectivity index (χ1) is 7.42. The van der Waals surface area contributed by atoms with E-state index < -0.39 is 11.7 Å². The zero-order valence-electron chi connectivity index (χ0n) is 10.0. The first-order valence-electron chi connectivity index (χ1n) is 5.54. The fraction of sp³-hybridized carbons (Fsp3) is 0.667. The monoisotopic (exact) mass is 225 g/mol. The lowest BCUT2D eigenvalue weighted by Gasteiger charge is -2.26. The largest absolute Gasteiger partial charge is 0.444 e. The summed E-state index contributed by atoms with van der Waals surface area (Å²) in [6, 6.07) is -0.235. The van der Waals surface area contributed by atoms with Crippen LogP contribution in [-0.2, 0) is 9.53 Å². The van der Waals surface area contributed by atoms with Gasteiger partial charge in [-0.2, -0.15) is 0 Å². The molecule has 16 heavy (non-hydrogen) atoms. The molecule has 1 N–H and O–H groups in total. The summed E-state index contributed by atoms with van der Waals surface area (Å²) in [5.74, 6) is -0.141. The molecule has 0 bridgehead atoms. The molecule has 90 valence electrons. The molecule has 0 aromatic heterocycles. The third kappa shape index (κ3) is 4.04. The number of carbonyl (C=O) groups is 2. The van der Waals surface area contributed by atoms with Gasteiger partial charge >= 0.3 is 6.09 Å². The number of carbonyl (C=O) groups excluding carboxylic acids is 2. The Morgan fingerprint density at radius 1 is 1.50 bits per heavy atom. The van der Waals surface area contributed by atoms with Crippen LogP contribution in [0.3, 0.4) is 0 Å². The molecule has 0 aliphatic heterocycles. The summed E-state index contributed by atoms with van der Waals surface area (Å²) in [7, 11) is 0. The fourth-order valence-corrected chi connectivity index (χ4v) is 1.61. The molecule has 0 fully saturated rings. The highest BCUT2D eigenvalue weighted by atomic mass is 16.6. The van der Waals surface area contributed by atoms with Crippen molar-refractivity contribution in [1.29, 1.82) is 0 Å². The van der Waals surface area contributed by atoms with Crippen LogP contribution in [0.25, 0.3) is 0 Å². The molecule has 0 aromatic carbocycles. The third-order valence-corrected chi connectivity index (χ3v) is 2.33. The van der Waals surface area contributed by atoms with Crippen molar-refractivity contribution in [2.24, 2.45) is 5.92 Å². The number of ether oxygens (including phenoxy) is 1. The molecule has 0 saturated carbocycles. The molecule has 1 rings (SSSR count). The standard InChI is InChI=1S/C12H19NO3/c1-12(2,3)16-11(15)13-10-7-5-4-6-9(10)8-14/h5,7-10H,4,6H2,1-3H3,(H,13,15)/t9-,10-/m1/s1. The Morgan fingerprint density at radius 3 is 2.75 bits per heavy atom. The van der Waals surface area contributed by atoms with Gasteiger partial charge in [-0.15, -0.1) is 0 Å². The molecular formula is C12H19NO3. The lowest BCUT2D eigenvalue weighted by molar-refractivity contribution is -0.111. The van der Waals surface area contributed by atoms with E-state index in [-0.39, 0.29) is 12.0 Å². The maximum atomic E-state index is 11.5. The van der Waals surface area contributed by atoms with Crippen molar-refractivity contribution in [3.8, 4) is 0 Å². The summed E-state index contributed by atoms with van der Waals surface area (Å²) in [6.07, 6.45) is 5.91. The second-order valence-corrected chi connectivity index (χ2v) is 4.98. The van der Waals surface area contributed by atoms with E-state index >= 15 is 0 Å². The molecule has 0 radical (unpaired) electrons. The van der Waals surface area contributed by atoms with E-state index in [1.165, 1.54) is 0 Å². The summed E-state index contributed by atoms with van der Waals surface area (Å²) >= 11 is 0. The molecule has 4 heteroatoms. The zero-order valence-corrected chi connectivity index (χ0v) is 10.0. The normalized spacial score (nSPS) is 24.9. The Bertz CT molecular complexity index is 291. The van der Waals surface area contributed by atoms with Gasteiger partial charge in [-0.05, 0) is 33.6 Å². The Labute approximate surface area is 96.0 Å². The van der Waals surface area contributed by atoms with Crippen LogP contribution in [0.2, 0.25) is 0 Å². The SMILES string of the molecule is CC(C)(C)OC(=O)N[C@@H]1C=CCC[C@@H]1C=O. The molecule has 2 atom stereocenters. The minimum absolute atomic E-state index is 0.141. The maximum absolute atomic E-state index is 11.5. The average molecular weight is 225 g/mol. The number of alkyl carbamates (subject to hydrolysis) is 1. The van der Waals surface area contributed by atoms with Gasteiger partial charge in [0.05, 0.1) is 6.04 Å². The highest BCUT2D eigenvalue weighted by Gasteiger charge is 2.25. The van der Waals surface area contributed by atoms with Gasteiger partial charge in [-0.3, -0.25) is 0 Å². The van der Waals surface area contributed by atoms with E-state index in [1.54, 1.807) is 20.8 Å². The van der Waals surface area contributed by atoms with Crippen LogP contribution in [0.1, 0.15) is 33.6 Å². The van der Waals surface area contributed by atoms with Gasteiger partial charge in [0.1, 0.15) is 11.9 Å². The molecule has 0 spiro atoms. The summed E-state index contributed by atoms with van der Waals surface area (Å²) in [5.41, 5.74) is -0.515. The smallest absolute Gasteiger partial charge is 0.408 e. The Balaban J connectivity index is 2.52. The summed E-state index contributed by atoms with van der Waals surface area (Å²) in [4.78, 5) is 22.3. The highest BCUT2D eigenvalue weighted by molar-refractivity contribution is 5.70. The molecule has 0 saturated heterocycles. The Kier molecular flexibility index (Phi) is 4.10.